The number of aromatic amines is 1. The van der Waals surface area contributed by atoms with Gasteiger partial charge in [0.2, 0.25) is 5.88 Å². The van der Waals surface area contributed by atoms with Gasteiger partial charge in [-0.3, -0.25) is 9.59 Å². The van der Waals surface area contributed by atoms with E-state index in [2.05, 4.69) is 47.7 Å². The molecule has 0 spiro atoms. The molecule has 0 saturated carbocycles. The van der Waals surface area contributed by atoms with Gasteiger partial charge in [0.1, 0.15) is 17.9 Å². The van der Waals surface area contributed by atoms with Gasteiger partial charge in [0.25, 0.3) is 11.5 Å². The summed E-state index contributed by atoms with van der Waals surface area (Å²) in [6.45, 7) is 7.06. The molecule has 2 aliphatic heterocycles. The first kappa shape index (κ1) is 22.7. The van der Waals surface area contributed by atoms with Gasteiger partial charge in [0.15, 0.2) is 5.82 Å². The molecule has 11 heteroatoms. The van der Waals surface area contributed by atoms with Crippen LogP contribution in [0.2, 0.25) is 0 Å². The molecule has 0 atom stereocenters. The largest absolute Gasteiger partial charge is 0.474 e. The molecule has 1 amide bonds. The highest BCUT2D eigenvalue weighted by molar-refractivity contribution is 6.07. The molecule has 2 aromatic heterocycles. The SMILES string of the molecule is Cc1c(Nc2nc[nH]c(=O)c2C(=O)Nc2ccc(N3CCN(C)CC3)cc2)cnc2c1NCCO2. The standard InChI is InChI=1S/C24H28N8O3/c1-15-18(13-26-24-20(15)25-7-12-35-24)30-21-19(22(33)28-14-27-21)23(34)29-16-3-5-17(6-4-16)32-10-8-31(2)9-11-32/h3-6,13-14,25H,7-12H2,1-2H3,(H,29,34)(H2,27,28,30,33). The number of anilines is 5. The van der Waals surface area contributed by atoms with Gasteiger partial charge >= 0.3 is 0 Å². The van der Waals surface area contributed by atoms with Crippen LogP contribution in [0.25, 0.3) is 0 Å². The summed E-state index contributed by atoms with van der Waals surface area (Å²) in [6, 6.07) is 7.63. The van der Waals surface area contributed by atoms with Gasteiger partial charge in [-0.1, -0.05) is 0 Å². The maximum absolute atomic E-state index is 13.1. The van der Waals surface area contributed by atoms with Crippen LogP contribution in [0, 0.1) is 6.92 Å². The van der Waals surface area contributed by atoms with E-state index in [1.54, 1.807) is 6.20 Å². The van der Waals surface area contributed by atoms with Crippen molar-refractivity contribution in [1.82, 2.24) is 19.9 Å². The summed E-state index contributed by atoms with van der Waals surface area (Å²) in [6.07, 6.45) is 2.86. The van der Waals surface area contributed by atoms with Crippen LogP contribution < -0.4 is 31.1 Å². The first-order valence-corrected chi connectivity index (χ1v) is 11.6. The number of carbonyl (C=O) groups is 1. The summed E-state index contributed by atoms with van der Waals surface area (Å²) in [4.78, 5) is 41.4. The van der Waals surface area contributed by atoms with E-state index in [-0.39, 0.29) is 11.4 Å². The van der Waals surface area contributed by atoms with Crippen LogP contribution in [0.3, 0.4) is 0 Å². The molecule has 0 radical (unpaired) electrons. The second-order valence-electron chi connectivity index (χ2n) is 8.62. The fourth-order valence-electron chi connectivity index (χ4n) is 4.19. The van der Waals surface area contributed by atoms with Crippen molar-refractivity contribution in [3.05, 3.63) is 58.3 Å². The smallest absolute Gasteiger partial charge is 0.265 e. The lowest BCUT2D eigenvalue weighted by Gasteiger charge is -2.34. The van der Waals surface area contributed by atoms with E-state index in [1.165, 1.54) is 6.33 Å². The highest BCUT2D eigenvalue weighted by Gasteiger charge is 2.21. The summed E-state index contributed by atoms with van der Waals surface area (Å²) in [7, 11) is 2.12. The van der Waals surface area contributed by atoms with Crippen molar-refractivity contribution in [2.45, 2.75) is 6.92 Å². The number of amides is 1. The maximum Gasteiger partial charge on any atom is 0.265 e. The van der Waals surface area contributed by atoms with Crippen molar-refractivity contribution >= 4 is 34.5 Å². The monoisotopic (exact) mass is 476 g/mol. The second-order valence-corrected chi connectivity index (χ2v) is 8.62. The zero-order valence-corrected chi connectivity index (χ0v) is 19.7. The highest BCUT2D eigenvalue weighted by atomic mass is 16.5. The molecule has 0 unspecified atom stereocenters. The number of aromatic nitrogens is 3. The molecule has 0 bridgehead atoms. The molecule has 1 fully saturated rings. The molecular weight excluding hydrogens is 448 g/mol. The molecule has 0 aliphatic carbocycles. The zero-order valence-electron chi connectivity index (χ0n) is 19.7. The Labute approximate surface area is 202 Å². The van der Waals surface area contributed by atoms with Crippen molar-refractivity contribution in [2.24, 2.45) is 0 Å². The quantitative estimate of drug-likeness (QED) is 0.437. The third kappa shape index (κ3) is 4.76. The normalized spacial score (nSPS) is 15.5. The predicted molar refractivity (Wildman–Crippen MR) is 135 cm³/mol. The van der Waals surface area contributed by atoms with Crippen LogP contribution in [0.4, 0.5) is 28.6 Å². The Morgan fingerprint density at radius 3 is 2.66 bits per heavy atom. The first-order valence-electron chi connectivity index (χ1n) is 11.6. The third-order valence-corrected chi connectivity index (χ3v) is 6.27. The molecule has 11 nitrogen and oxygen atoms in total. The Morgan fingerprint density at radius 1 is 1.11 bits per heavy atom. The average Bonchev–Trinajstić information content (AvgIpc) is 2.87. The summed E-state index contributed by atoms with van der Waals surface area (Å²) in [5, 5.41) is 9.17. The number of H-pyrrole nitrogens is 1. The summed E-state index contributed by atoms with van der Waals surface area (Å²) in [5.74, 6) is 0.109. The van der Waals surface area contributed by atoms with Gasteiger partial charge in [0, 0.05) is 49.7 Å². The lowest BCUT2D eigenvalue weighted by atomic mass is 10.1. The van der Waals surface area contributed by atoms with Crippen LogP contribution in [0.5, 0.6) is 5.88 Å². The molecule has 4 heterocycles. The van der Waals surface area contributed by atoms with Crippen molar-refractivity contribution in [2.75, 3.05) is 67.2 Å². The van der Waals surface area contributed by atoms with E-state index in [1.807, 2.05) is 31.2 Å². The average molecular weight is 477 g/mol. The van der Waals surface area contributed by atoms with E-state index in [0.717, 1.165) is 43.1 Å². The minimum Gasteiger partial charge on any atom is -0.474 e. The van der Waals surface area contributed by atoms with E-state index in [4.69, 9.17) is 4.74 Å². The number of rotatable bonds is 5. The Bertz CT molecular complexity index is 1280. The van der Waals surface area contributed by atoms with Crippen LogP contribution in [0.15, 0.2) is 41.6 Å². The molecular formula is C24H28N8O3. The summed E-state index contributed by atoms with van der Waals surface area (Å²) < 4.78 is 5.57. The van der Waals surface area contributed by atoms with Crippen molar-refractivity contribution < 1.29 is 9.53 Å². The molecule has 4 N–H and O–H groups in total. The van der Waals surface area contributed by atoms with E-state index < -0.39 is 11.5 Å². The van der Waals surface area contributed by atoms with Crippen LogP contribution in [0.1, 0.15) is 15.9 Å². The van der Waals surface area contributed by atoms with Gasteiger partial charge in [-0.15, -0.1) is 0 Å². The number of nitrogens with zero attached hydrogens (tertiary/aromatic N) is 4. The molecule has 1 saturated heterocycles. The van der Waals surface area contributed by atoms with Crippen LogP contribution >= 0.6 is 0 Å². The van der Waals surface area contributed by atoms with E-state index in [9.17, 15) is 9.59 Å². The predicted octanol–water partition coefficient (Wildman–Crippen LogP) is 2.03. The number of pyridine rings is 1. The highest BCUT2D eigenvalue weighted by Crippen LogP contribution is 2.34. The fourth-order valence-corrected chi connectivity index (χ4v) is 4.19. The third-order valence-electron chi connectivity index (χ3n) is 6.27. The van der Waals surface area contributed by atoms with E-state index in [0.29, 0.717) is 30.4 Å². The molecule has 182 valence electrons. The fraction of sp³-hybridized carbons (Fsp3) is 0.333. The number of hydrogen-bond donors (Lipinski definition) is 4. The molecule has 3 aromatic rings. The molecule has 5 rings (SSSR count). The van der Waals surface area contributed by atoms with Gasteiger partial charge in [0.05, 0.1) is 18.2 Å². The molecule has 35 heavy (non-hydrogen) atoms. The number of nitrogens with one attached hydrogen (secondary N) is 4. The Hall–Kier alpha value is -4.12. The first-order chi connectivity index (χ1) is 17.0. The number of likely N-dealkylation sites (N-methyl/N-ethyl adjacent to an activating group) is 1. The number of benzene rings is 1. The Morgan fingerprint density at radius 2 is 1.89 bits per heavy atom. The molecule has 2 aliphatic rings. The molecule has 1 aromatic carbocycles. The number of ether oxygens (including phenoxy) is 1. The van der Waals surface area contributed by atoms with Crippen molar-refractivity contribution in [3.8, 4) is 5.88 Å². The Balaban J connectivity index is 1.34. The maximum atomic E-state index is 13.1. The zero-order chi connectivity index (χ0) is 24.4. The second kappa shape index (κ2) is 9.63. The van der Waals surface area contributed by atoms with Gasteiger partial charge in [-0.2, -0.15) is 0 Å². The lowest BCUT2D eigenvalue weighted by Crippen LogP contribution is -2.44. The number of piperazine rings is 1. The Kier molecular flexibility index (Phi) is 6.23. The van der Waals surface area contributed by atoms with Crippen LogP contribution in [-0.4, -0.2) is 72.1 Å². The summed E-state index contributed by atoms with van der Waals surface area (Å²) in [5.41, 5.74) is 3.28. The van der Waals surface area contributed by atoms with Gasteiger partial charge in [-0.05, 0) is 38.2 Å². The van der Waals surface area contributed by atoms with Gasteiger partial charge < -0.3 is 35.5 Å². The van der Waals surface area contributed by atoms with Crippen LogP contribution in [-0.2, 0) is 0 Å². The number of carbonyl (C=O) groups excluding carboxylic acids is 1. The number of hydrogen-bond acceptors (Lipinski definition) is 9. The lowest BCUT2D eigenvalue weighted by molar-refractivity contribution is 0.102. The van der Waals surface area contributed by atoms with Crippen molar-refractivity contribution in [3.63, 3.8) is 0 Å². The van der Waals surface area contributed by atoms with Crippen molar-refractivity contribution in [1.29, 1.82) is 0 Å². The summed E-state index contributed by atoms with van der Waals surface area (Å²) >= 11 is 0. The minimum atomic E-state index is -0.556. The minimum absolute atomic E-state index is 0.114. The number of fused-ring (bicyclic) bond motifs is 1. The van der Waals surface area contributed by atoms with E-state index >= 15 is 0 Å². The van der Waals surface area contributed by atoms with Gasteiger partial charge in [-0.25, -0.2) is 9.97 Å². The topological polar surface area (TPSA) is 128 Å².